The first kappa shape index (κ1) is 33.3. The number of carboxylic acid groups (broad SMARTS) is 2. The molecule has 0 saturated heterocycles. The number of nitrogens with one attached hydrogen (secondary N) is 6. The highest BCUT2D eigenvalue weighted by molar-refractivity contribution is 5.95. The summed E-state index contributed by atoms with van der Waals surface area (Å²) in [6.45, 7) is -1.96. The zero-order valence-corrected chi connectivity index (χ0v) is 22.1. The van der Waals surface area contributed by atoms with Gasteiger partial charge in [-0.3, -0.25) is 24.0 Å². The molecular formula is C23H33N9O10. The molecule has 0 aliphatic heterocycles. The first-order chi connectivity index (χ1) is 19.9. The summed E-state index contributed by atoms with van der Waals surface area (Å²) < 4.78 is 0. The molecule has 0 radical (unpaired) electrons. The van der Waals surface area contributed by atoms with Gasteiger partial charge in [0.2, 0.25) is 23.6 Å². The summed E-state index contributed by atoms with van der Waals surface area (Å²) in [5.41, 5.74) is 6.78. The molecule has 2 aromatic heterocycles. The van der Waals surface area contributed by atoms with Crippen molar-refractivity contribution in [2.45, 2.75) is 55.9 Å². The maximum Gasteiger partial charge on any atom is 0.326 e. The third kappa shape index (κ3) is 10.6. The van der Waals surface area contributed by atoms with Crippen LogP contribution in [0.2, 0.25) is 0 Å². The Labute approximate surface area is 237 Å². The van der Waals surface area contributed by atoms with Crippen LogP contribution in [0.25, 0.3) is 0 Å². The Morgan fingerprint density at radius 3 is 1.60 bits per heavy atom. The maximum atomic E-state index is 12.9. The molecule has 0 saturated carbocycles. The first-order valence-corrected chi connectivity index (χ1v) is 12.5. The van der Waals surface area contributed by atoms with Gasteiger partial charge < -0.3 is 57.4 Å². The Morgan fingerprint density at radius 1 is 0.714 bits per heavy atom. The molecule has 12 N–H and O–H groups in total. The number of carbonyl (C=O) groups excluding carboxylic acids is 4. The number of hydrogen-bond acceptors (Lipinski definition) is 11. The molecule has 19 heteroatoms. The standard InChI is InChI=1S/C23H33N9O10/c24-13(3-11-5-25-9-27-11)19(37)29-14(1-2-18(35)36)20(38)31-17(8-34)22(40)32-16(7-33)21(39)30-15(23(41)42)4-12-6-26-10-28-12/h5-6,9-10,13-17,33-34H,1-4,7-8,24H2,(H,25,27)(H,26,28)(H,29,37)(H,30,39)(H,31,38)(H,32,40)(H,35,36)(H,41,42)/t13-,14-,15-,16-,17-/m0/s1. The molecule has 0 aliphatic rings. The van der Waals surface area contributed by atoms with Gasteiger partial charge >= 0.3 is 11.9 Å². The van der Waals surface area contributed by atoms with Crippen molar-refractivity contribution >= 4 is 35.6 Å². The van der Waals surface area contributed by atoms with Crippen molar-refractivity contribution in [3.05, 3.63) is 36.4 Å². The van der Waals surface area contributed by atoms with Crippen LogP contribution in [-0.2, 0) is 41.6 Å². The highest BCUT2D eigenvalue weighted by Crippen LogP contribution is 2.04. The van der Waals surface area contributed by atoms with Crippen molar-refractivity contribution in [3.8, 4) is 0 Å². The lowest BCUT2D eigenvalue weighted by molar-refractivity contribution is -0.142. The van der Waals surface area contributed by atoms with Crippen molar-refractivity contribution in [3.63, 3.8) is 0 Å². The lowest BCUT2D eigenvalue weighted by Gasteiger charge is -2.25. The fourth-order valence-corrected chi connectivity index (χ4v) is 3.56. The molecule has 0 aromatic carbocycles. The van der Waals surface area contributed by atoms with E-state index in [1.165, 1.54) is 25.0 Å². The van der Waals surface area contributed by atoms with Crippen LogP contribution in [0.5, 0.6) is 0 Å². The number of imidazole rings is 2. The zero-order valence-electron chi connectivity index (χ0n) is 22.1. The van der Waals surface area contributed by atoms with Gasteiger partial charge in [-0.25, -0.2) is 14.8 Å². The normalized spacial score (nSPS) is 14.5. The van der Waals surface area contributed by atoms with Crippen LogP contribution in [0.1, 0.15) is 24.2 Å². The summed E-state index contributed by atoms with van der Waals surface area (Å²) in [5, 5.41) is 46.5. The van der Waals surface area contributed by atoms with Crippen LogP contribution in [0.4, 0.5) is 0 Å². The van der Waals surface area contributed by atoms with Crippen LogP contribution in [0, 0.1) is 0 Å². The quantitative estimate of drug-likeness (QED) is 0.0771. The number of hydrogen-bond donors (Lipinski definition) is 11. The average molecular weight is 596 g/mol. The monoisotopic (exact) mass is 595 g/mol. The van der Waals surface area contributed by atoms with Gasteiger partial charge in [-0.1, -0.05) is 0 Å². The summed E-state index contributed by atoms with van der Waals surface area (Å²) in [5.74, 6) is -6.73. The predicted molar refractivity (Wildman–Crippen MR) is 139 cm³/mol. The van der Waals surface area contributed by atoms with Crippen molar-refractivity contribution in [1.29, 1.82) is 0 Å². The Balaban J connectivity index is 2.03. The Bertz CT molecular complexity index is 1210. The van der Waals surface area contributed by atoms with Crippen LogP contribution < -0.4 is 27.0 Å². The van der Waals surface area contributed by atoms with E-state index >= 15 is 0 Å². The van der Waals surface area contributed by atoms with Gasteiger partial charge in [-0.05, 0) is 6.42 Å². The van der Waals surface area contributed by atoms with Gasteiger partial charge in [0.25, 0.3) is 0 Å². The van der Waals surface area contributed by atoms with Crippen molar-refractivity contribution in [2.24, 2.45) is 5.73 Å². The number of aliphatic carboxylic acids is 2. The molecule has 0 aliphatic carbocycles. The minimum Gasteiger partial charge on any atom is -0.481 e. The van der Waals surface area contributed by atoms with E-state index in [0.29, 0.717) is 11.4 Å². The first-order valence-electron chi connectivity index (χ1n) is 12.5. The molecule has 230 valence electrons. The maximum absolute atomic E-state index is 12.9. The molecule has 0 bridgehead atoms. The molecule has 0 fully saturated rings. The van der Waals surface area contributed by atoms with E-state index in [9.17, 15) is 44.1 Å². The second-order valence-electron chi connectivity index (χ2n) is 9.05. The number of aromatic amines is 2. The Hall–Kier alpha value is -4.88. The number of nitrogens with zero attached hydrogens (tertiary/aromatic N) is 2. The molecule has 19 nitrogen and oxygen atoms in total. The minimum absolute atomic E-state index is 0.0238. The minimum atomic E-state index is -1.71. The average Bonchev–Trinajstić information content (AvgIpc) is 3.66. The molecule has 5 atom stereocenters. The molecule has 2 aromatic rings. The van der Waals surface area contributed by atoms with Gasteiger partial charge in [0.05, 0.1) is 31.9 Å². The number of nitrogens with two attached hydrogens (primary N) is 1. The van der Waals surface area contributed by atoms with E-state index in [4.69, 9.17) is 10.8 Å². The zero-order chi connectivity index (χ0) is 31.2. The fourth-order valence-electron chi connectivity index (χ4n) is 3.56. The number of carboxylic acids is 2. The lowest BCUT2D eigenvalue weighted by Crippen LogP contribution is -2.60. The summed E-state index contributed by atoms with van der Waals surface area (Å²) in [6, 6.07) is -7.44. The SMILES string of the molecule is N[C@@H](Cc1cnc[nH]1)C(=O)N[C@@H](CCC(=O)O)C(=O)N[C@@H](CO)C(=O)N[C@@H](CO)C(=O)N[C@@H](Cc1cnc[nH]1)C(=O)O. The third-order valence-electron chi connectivity index (χ3n) is 5.84. The van der Waals surface area contributed by atoms with E-state index in [2.05, 4.69) is 41.2 Å². The van der Waals surface area contributed by atoms with Crippen molar-refractivity contribution < 1.29 is 49.2 Å². The van der Waals surface area contributed by atoms with E-state index in [-0.39, 0.29) is 12.8 Å². The van der Waals surface area contributed by atoms with E-state index in [1.54, 1.807) is 0 Å². The Morgan fingerprint density at radius 2 is 1.17 bits per heavy atom. The van der Waals surface area contributed by atoms with Crippen LogP contribution >= 0.6 is 0 Å². The van der Waals surface area contributed by atoms with Crippen molar-refractivity contribution in [1.82, 2.24) is 41.2 Å². The van der Waals surface area contributed by atoms with Gasteiger partial charge in [0.1, 0.15) is 24.2 Å². The highest BCUT2D eigenvalue weighted by atomic mass is 16.4. The topological polar surface area (TPSA) is 315 Å². The summed E-state index contributed by atoms with van der Waals surface area (Å²) in [4.78, 5) is 86.4. The van der Waals surface area contributed by atoms with Crippen LogP contribution in [0.15, 0.2) is 25.0 Å². The molecule has 2 heterocycles. The number of aromatic nitrogens is 4. The van der Waals surface area contributed by atoms with Gasteiger partial charge in [-0.15, -0.1) is 0 Å². The second kappa shape index (κ2) is 16.4. The van der Waals surface area contributed by atoms with Gasteiger partial charge in [0.15, 0.2) is 0 Å². The number of aliphatic hydroxyl groups is 2. The number of carbonyl (C=O) groups is 6. The second-order valence-corrected chi connectivity index (χ2v) is 9.05. The van der Waals surface area contributed by atoms with E-state index in [0.717, 1.165) is 0 Å². The van der Waals surface area contributed by atoms with Gasteiger partial charge in [0, 0.05) is 43.0 Å². The van der Waals surface area contributed by atoms with Gasteiger partial charge in [-0.2, -0.15) is 0 Å². The number of aliphatic hydroxyl groups excluding tert-OH is 2. The largest absolute Gasteiger partial charge is 0.481 e. The Kier molecular flexibility index (Phi) is 13.0. The molecule has 42 heavy (non-hydrogen) atoms. The molecule has 0 spiro atoms. The van der Waals surface area contributed by atoms with Crippen LogP contribution in [0.3, 0.4) is 0 Å². The summed E-state index contributed by atoms with van der Waals surface area (Å²) >= 11 is 0. The number of H-pyrrole nitrogens is 2. The molecule has 0 unspecified atom stereocenters. The molecule has 2 rings (SSSR count). The molecule has 4 amide bonds. The van der Waals surface area contributed by atoms with Crippen molar-refractivity contribution in [2.75, 3.05) is 13.2 Å². The number of rotatable bonds is 18. The smallest absolute Gasteiger partial charge is 0.326 e. The predicted octanol–water partition coefficient (Wildman–Crippen LogP) is -4.88. The highest BCUT2D eigenvalue weighted by Gasteiger charge is 2.32. The third-order valence-corrected chi connectivity index (χ3v) is 5.84. The summed E-state index contributed by atoms with van der Waals surface area (Å²) in [6.07, 6.45) is 4.38. The fraction of sp³-hybridized carbons (Fsp3) is 0.478. The van der Waals surface area contributed by atoms with E-state index in [1.807, 2.05) is 0 Å². The number of amides is 4. The molecular weight excluding hydrogens is 562 g/mol. The lowest BCUT2D eigenvalue weighted by atomic mass is 10.1. The van der Waals surface area contributed by atoms with E-state index < -0.39 is 91.8 Å². The van der Waals surface area contributed by atoms with Crippen LogP contribution in [-0.4, -0.2) is 119 Å². The summed E-state index contributed by atoms with van der Waals surface area (Å²) in [7, 11) is 0.